The summed E-state index contributed by atoms with van der Waals surface area (Å²) in [6.07, 6.45) is 14.3. The molecule has 1 aliphatic carbocycles. The van der Waals surface area contributed by atoms with Gasteiger partial charge < -0.3 is 0 Å². The summed E-state index contributed by atoms with van der Waals surface area (Å²) in [6.45, 7) is 2.19. The Morgan fingerprint density at radius 2 is 1.76 bits per heavy atom. The second kappa shape index (κ2) is 8.83. The van der Waals surface area contributed by atoms with Crippen LogP contribution in [0.2, 0.25) is 5.02 Å². The lowest BCUT2D eigenvalue weighted by Gasteiger charge is -2.23. The molecule has 0 amide bonds. The van der Waals surface area contributed by atoms with Gasteiger partial charge in [0.15, 0.2) is 5.82 Å². The molecule has 1 aromatic heterocycles. The monoisotopic (exact) mass is 350 g/mol. The number of halogens is 1. The van der Waals surface area contributed by atoms with Crippen LogP contribution in [0.25, 0.3) is 11.4 Å². The average molecular weight is 351 g/mol. The molecule has 0 saturated heterocycles. The van der Waals surface area contributed by atoms with Gasteiger partial charge in [-0.25, -0.2) is 9.97 Å². The number of allylic oxidation sites excluding steroid dienone is 2. The smallest absolute Gasteiger partial charge is 0.159 e. The van der Waals surface area contributed by atoms with E-state index in [0.717, 1.165) is 23.5 Å². The molecule has 128 valence electrons. The molecule has 1 aliphatic rings. The molecule has 1 heterocycles. The van der Waals surface area contributed by atoms with Gasteiger partial charge in [0.25, 0.3) is 0 Å². The van der Waals surface area contributed by atoms with Crippen LogP contribution >= 0.6 is 11.6 Å². The van der Waals surface area contributed by atoms with Crippen LogP contribution in [0.4, 0.5) is 0 Å². The van der Waals surface area contributed by atoms with Gasteiger partial charge in [0, 0.05) is 28.9 Å². The summed E-state index contributed by atoms with van der Waals surface area (Å²) in [5.74, 6) is 8.61. The Balaban J connectivity index is 1.58. The Morgan fingerprint density at radius 3 is 2.40 bits per heavy atom. The van der Waals surface area contributed by atoms with Gasteiger partial charge in [0.2, 0.25) is 0 Å². The van der Waals surface area contributed by atoms with E-state index in [9.17, 15) is 0 Å². The van der Waals surface area contributed by atoms with Gasteiger partial charge in [-0.3, -0.25) is 0 Å². The fourth-order valence-electron chi connectivity index (χ4n) is 3.11. The molecule has 0 radical (unpaired) electrons. The van der Waals surface area contributed by atoms with Crippen LogP contribution in [0, 0.1) is 23.7 Å². The van der Waals surface area contributed by atoms with E-state index in [1.165, 1.54) is 25.7 Å². The third-order valence-corrected chi connectivity index (χ3v) is 4.84. The minimum absolute atomic E-state index is 0.502. The molecule has 3 rings (SSSR count). The van der Waals surface area contributed by atoms with Crippen molar-refractivity contribution in [2.75, 3.05) is 0 Å². The van der Waals surface area contributed by atoms with Gasteiger partial charge >= 0.3 is 0 Å². The summed E-state index contributed by atoms with van der Waals surface area (Å²) in [7, 11) is 0. The normalized spacial score (nSPS) is 20.2. The lowest BCUT2D eigenvalue weighted by molar-refractivity contribution is 0.364. The van der Waals surface area contributed by atoms with Crippen LogP contribution in [-0.4, -0.2) is 9.97 Å². The molecule has 0 bridgehead atoms. The Hall–Kier alpha value is -2.11. The highest BCUT2D eigenvalue weighted by molar-refractivity contribution is 6.30. The van der Waals surface area contributed by atoms with Gasteiger partial charge in [0.05, 0.1) is 5.56 Å². The van der Waals surface area contributed by atoms with Crippen LogP contribution < -0.4 is 0 Å². The fraction of sp³-hybridized carbons (Fsp3) is 0.364. The molecule has 1 fully saturated rings. The number of rotatable bonds is 3. The summed E-state index contributed by atoms with van der Waals surface area (Å²) < 4.78 is 0. The highest BCUT2D eigenvalue weighted by atomic mass is 35.5. The highest BCUT2D eigenvalue weighted by Crippen LogP contribution is 2.29. The summed E-state index contributed by atoms with van der Waals surface area (Å²) in [5.41, 5.74) is 1.84. The first kappa shape index (κ1) is 17.7. The third kappa shape index (κ3) is 5.18. The quantitative estimate of drug-likeness (QED) is 0.507. The first-order chi connectivity index (χ1) is 12.2. The average Bonchev–Trinajstić information content (AvgIpc) is 2.67. The van der Waals surface area contributed by atoms with E-state index >= 15 is 0 Å². The molecule has 1 aromatic carbocycles. The predicted molar refractivity (Wildman–Crippen MR) is 104 cm³/mol. The minimum atomic E-state index is 0.502. The molecule has 0 atom stereocenters. The van der Waals surface area contributed by atoms with Crippen LogP contribution in [0.5, 0.6) is 0 Å². The van der Waals surface area contributed by atoms with Crippen molar-refractivity contribution in [2.24, 2.45) is 11.8 Å². The molecule has 3 heteroatoms. The van der Waals surface area contributed by atoms with E-state index in [4.69, 9.17) is 11.6 Å². The Bertz CT molecular complexity index is 758. The maximum atomic E-state index is 5.91. The van der Waals surface area contributed by atoms with Crippen molar-refractivity contribution < 1.29 is 0 Å². The molecule has 0 unspecified atom stereocenters. The number of benzene rings is 1. The minimum Gasteiger partial charge on any atom is -0.235 e. The van der Waals surface area contributed by atoms with Gasteiger partial charge in [-0.1, -0.05) is 42.5 Å². The first-order valence-electron chi connectivity index (χ1n) is 9.01. The summed E-state index contributed by atoms with van der Waals surface area (Å²) in [5, 5.41) is 0.714. The molecule has 0 aliphatic heterocycles. The third-order valence-electron chi connectivity index (χ3n) is 4.59. The second-order valence-corrected chi connectivity index (χ2v) is 6.96. The predicted octanol–water partition coefficient (Wildman–Crippen LogP) is 5.92. The van der Waals surface area contributed by atoms with E-state index in [1.807, 2.05) is 24.3 Å². The lowest BCUT2D eigenvalue weighted by atomic mass is 9.82. The largest absolute Gasteiger partial charge is 0.235 e. The van der Waals surface area contributed by atoms with Crippen LogP contribution in [-0.2, 0) is 0 Å². The first-order valence-corrected chi connectivity index (χ1v) is 9.38. The van der Waals surface area contributed by atoms with E-state index in [0.29, 0.717) is 16.8 Å². The van der Waals surface area contributed by atoms with Crippen molar-refractivity contribution >= 4 is 11.6 Å². The van der Waals surface area contributed by atoms with Gasteiger partial charge in [0.1, 0.15) is 0 Å². The maximum absolute atomic E-state index is 5.91. The standard InChI is InChI=1S/C22H23ClN2/c1-2-3-4-17-5-7-18(8-6-17)9-10-19-15-24-22(25-16-19)20-11-13-21(23)14-12-20/h3-4,11-18H,2,5-8H2,1H3/b4-3+. The SMILES string of the molecule is CC/C=C/C1CCC(C#Cc2cnc(-c3ccc(Cl)cc3)nc2)CC1. The second-order valence-electron chi connectivity index (χ2n) is 6.52. The van der Waals surface area contributed by atoms with E-state index < -0.39 is 0 Å². The molecular weight excluding hydrogens is 328 g/mol. The Labute approximate surface area is 155 Å². The fourth-order valence-corrected chi connectivity index (χ4v) is 3.24. The van der Waals surface area contributed by atoms with Gasteiger partial charge in [-0.2, -0.15) is 0 Å². The van der Waals surface area contributed by atoms with Crippen molar-refractivity contribution in [3.63, 3.8) is 0 Å². The molecular formula is C22H23ClN2. The van der Waals surface area contributed by atoms with Crippen LogP contribution in [0.3, 0.4) is 0 Å². The maximum Gasteiger partial charge on any atom is 0.159 e. The van der Waals surface area contributed by atoms with E-state index in [-0.39, 0.29) is 0 Å². The zero-order chi connectivity index (χ0) is 17.5. The number of nitrogens with zero attached hydrogens (tertiary/aromatic N) is 2. The van der Waals surface area contributed by atoms with Crippen molar-refractivity contribution in [3.05, 3.63) is 59.4 Å². The van der Waals surface area contributed by atoms with Crippen molar-refractivity contribution in [1.82, 2.24) is 9.97 Å². The topological polar surface area (TPSA) is 25.8 Å². The number of aromatic nitrogens is 2. The van der Waals surface area contributed by atoms with Gasteiger partial charge in [-0.15, -0.1) is 0 Å². The van der Waals surface area contributed by atoms with Gasteiger partial charge in [-0.05, 0) is 62.3 Å². The van der Waals surface area contributed by atoms with E-state index in [1.54, 1.807) is 12.4 Å². The number of hydrogen-bond acceptors (Lipinski definition) is 2. The summed E-state index contributed by atoms with van der Waals surface area (Å²) in [4.78, 5) is 8.84. The molecule has 2 nitrogen and oxygen atoms in total. The zero-order valence-corrected chi connectivity index (χ0v) is 15.3. The Morgan fingerprint density at radius 1 is 1.08 bits per heavy atom. The van der Waals surface area contributed by atoms with Crippen LogP contribution in [0.1, 0.15) is 44.6 Å². The van der Waals surface area contributed by atoms with Crippen molar-refractivity contribution in [3.8, 4) is 23.2 Å². The number of hydrogen-bond donors (Lipinski definition) is 0. The Kier molecular flexibility index (Phi) is 6.25. The van der Waals surface area contributed by atoms with Crippen molar-refractivity contribution in [1.29, 1.82) is 0 Å². The molecule has 2 aromatic rings. The summed E-state index contributed by atoms with van der Waals surface area (Å²) >= 11 is 5.91. The summed E-state index contributed by atoms with van der Waals surface area (Å²) in [6, 6.07) is 7.54. The molecule has 0 spiro atoms. The van der Waals surface area contributed by atoms with Crippen molar-refractivity contribution in [2.45, 2.75) is 39.0 Å². The van der Waals surface area contributed by atoms with Crippen LogP contribution in [0.15, 0.2) is 48.8 Å². The van der Waals surface area contributed by atoms with E-state index in [2.05, 4.69) is 40.9 Å². The molecule has 25 heavy (non-hydrogen) atoms. The highest BCUT2D eigenvalue weighted by Gasteiger charge is 2.17. The molecule has 1 saturated carbocycles. The zero-order valence-electron chi connectivity index (χ0n) is 14.6. The lowest BCUT2D eigenvalue weighted by Crippen LogP contribution is -2.11. The molecule has 0 N–H and O–H groups in total.